The van der Waals surface area contributed by atoms with Crippen LogP contribution in [0.2, 0.25) is 5.02 Å². The third-order valence-electron chi connectivity index (χ3n) is 4.26. The van der Waals surface area contributed by atoms with Gasteiger partial charge in [-0.1, -0.05) is 18.5 Å². The lowest BCUT2D eigenvalue weighted by atomic mass is 10.2. The van der Waals surface area contributed by atoms with Crippen molar-refractivity contribution in [2.24, 2.45) is 0 Å². The summed E-state index contributed by atoms with van der Waals surface area (Å²) in [5.41, 5.74) is 0.525. The highest BCUT2D eigenvalue weighted by Gasteiger charge is 2.29. The van der Waals surface area contributed by atoms with Gasteiger partial charge in [-0.2, -0.15) is 9.57 Å². The number of thiophene rings is 1. The van der Waals surface area contributed by atoms with Crippen LogP contribution in [0.5, 0.6) is 0 Å². The van der Waals surface area contributed by atoms with Crippen molar-refractivity contribution in [1.82, 2.24) is 4.31 Å². The molecule has 1 aromatic heterocycles. The molecule has 2 aromatic rings. The minimum atomic E-state index is -3.84. The second-order valence-corrected chi connectivity index (χ2v) is 9.49. The van der Waals surface area contributed by atoms with Crippen LogP contribution in [0.1, 0.15) is 27.7 Å². The molecule has 10 heteroatoms. The number of halogens is 1. The molecule has 0 spiro atoms. The molecule has 0 bridgehead atoms. The van der Waals surface area contributed by atoms with Crippen molar-refractivity contribution < 1.29 is 17.9 Å². The number of nitrogens with zero attached hydrogens (tertiary/aromatic N) is 2. The fraction of sp³-hybridized carbons (Fsp3) is 0.333. The zero-order valence-corrected chi connectivity index (χ0v) is 17.5. The Hall–Kier alpha value is -1.96. The summed E-state index contributed by atoms with van der Waals surface area (Å²) in [6, 6.07) is 7.90. The lowest BCUT2D eigenvalue weighted by molar-refractivity contribution is 0.0730. The summed E-state index contributed by atoms with van der Waals surface area (Å²) in [6.07, 6.45) is 0.748. The molecule has 3 rings (SSSR count). The zero-order valence-electron chi connectivity index (χ0n) is 15.1. The fourth-order valence-corrected chi connectivity index (χ4v) is 5.59. The monoisotopic (exact) mass is 439 g/mol. The summed E-state index contributed by atoms with van der Waals surface area (Å²) in [6.45, 7) is 3.05. The summed E-state index contributed by atoms with van der Waals surface area (Å²) in [4.78, 5) is 13.5. The highest BCUT2D eigenvalue weighted by Crippen LogP contribution is 2.30. The number of hydrogen-bond donors (Lipinski definition) is 1. The maximum absolute atomic E-state index is 12.9. The van der Waals surface area contributed by atoms with Gasteiger partial charge in [-0.15, -0.1) is 11.3 Å². The number of amides is 1. The molecular formula is C18H18ClN3O4S2. The van der Waals surface area contributed by atoms with Crippen LogP contribution in [-0.4, -0.2) is 44.9 Å². The molecule has 2 heterocycles. The Bertz CT molecular complexity index is 1040. The van der Waals surface area contributed by atoms with E-state index >= 15 is 0 Å². The van der Waals surface area contributed by atoms with Crippen molar-refractivity contribution in [1.29, 1.82) is 5.26 Å². The second-order valence-electron chi connectivity index (χ2n) is 6.04. The van der Waals surface area contributed by atoms with Crippen LogP contribution in [0.15, 0.2) is 29.2 Å². The van der Waals surface area contributed by atoms with E-state index in [1.165, 1.54) is 33.8 Å². The molecular weight excluding hydrogens is 422 g/mol. The van der Waals surface area contributed by atoms with Gasteiger partial charge in [0, 0.05) is 23.5 Å². The van der Waals surface area contributed by atoms with Gasteiger partial charge in [0.1, 0.15) is 16.0 Å². The van der Waals surface area contributed by atoms with Crippen molar-refractivity contribution in [2.75, 3.05) is 31.6 Å². The number of carbonyl (C=O) groups is 1. The molecule has 0 saturated carbocycles. The Morgan fingerprint density at radius 3 is 2.71 bits per heavy atom. The van der Waals surface area contributed by atoms with E-state index in [4.69, 9.17) is 16.3 Å². The van der Waals surface area contributed by atoms with Crippen LogP contribution >= 0.6 is 22.9 Å². The summed E-state index contributed by atoms with van der Waals surface area (Å²) >= 11 is 7.45. The van der Waals surface area contributed by atoms with E-state index in [0.29, 0.717) is 23.8 Å². The van der Waals surface area contributed by atoms with Crippen molar-refractivity contribution in [3.05, 3.63) is 45.3 Å². The van der Waals surface area contributed by atoms with Crippen molar-refractivity contribution >= 4 is 43.9 Å². The van der Waals surface area contributed by atoms with E-state index in [2.05, 4.69) is 11.4 Å². The third kappa shape index (κ3) is 4.21. The number of anilines is 1. The van der Waals surface area contributed by atoms with Crippen molar-refractivity contribution in [3.8, 4) is 6.07 Å². The first-order chi connectivity index (χ1) is 13.4. The quantitative estimate of drug-likeness (QED) is 0.771. The van der Waals surface area contributed by atoms with E-state index in [1.807, 2.05) is 6.92 Å². The van der Waals surface area contributed by atoms with Crippen LogP contribution < -0.4 is 5.32 Å². The summed E-state index contributed by atoms with van der Waals surface area (Å²) in [7, 11) is -3.84. The molecule has 1 aliphatic rings. The number of nitrogens with one attached hydrogen (secondary N) is 1. The summed E-state index contributed by atoms with van der Waals surface area (Å²) in [5.74, 6) is -0.504. The molecule has 28 heavy (non-hydrogen) atoms. The first-order valence-corrected chi connectivity index (χ1v) is 11.2. The molecule has 1 aromatic carbocycles. The van der Waals surface area contributed by atoms with Crippen LogP contribution in [0, 0.1) is 11.3 Å². The first kappa shape index (κ1) is 20.8. The van der Waals surface area contributed by atoms with Gasteiger partial charge in [-0.05, 0) is 30.7 Å². The van der Waals surface area contributed by atoms with Gasteiger partial charge in [-0.25, -0.2) is 8.42 Å². The van der Waals surface area contributed by atoms with E-state index in [9.17, 15) is 18.5 Å². The second kappa shape index (κ2) is 8.59. The van der Waals surface area contributed by atoms with Gasteiger partial charge < -0.3 is 10.1 Å². The number of nitriles is 1. The molecule has 1 amide bonds. The Labute approximate surface area is 172 Å². The maximum atomic E-state index is 12.9. The topological polar surface area (TPSA) is 99.5 Å². The van der Waals surface area contributed by atoms with Gasteiger partial charge in [0.15, 0.2) is 0 Å². The van der Waals surface area contributed by atoms with Gasteiger partial charge in [0.05, 0.1) is 23.8 Å². The first-order valence-electron chi connectivity index (χ1n) is 8.58. The largest absolute Gasteiger partial charge is 0.379 e. The van der Waals surface area contributed by atoms with Gasteiger partial charge >= 0.3 is 0 Å². The van der Waals surface area contributed by atoms with Crippen molar-refractivity contribution in [3.63, 3.8) is 0 Å². The molecule has 0 radical (unpaired) electrons. The van der Waals surface area contributed by atoms with E-state index in [1.54, 1.807) is 6.07 Å². The SMILES string of the molecule is CCc1cc(C#N)c(NC(=O)c2ccc(Cl)c(S(=O)(=O)N3CCOCC3)c2)s1. The summed E-state index contributed by atoms with van der Waals surface area (Å²) in [5, 5.41) is 12.4. The lowest BCUT2D eigenvalue weighted by Crippen LogP contribution is -2.40. The van der Waals surface area contributed by atoms with E-state index in [0.717, 1.165) is 11.3 Å². The average molecular weight is 440 g/mol. The molecule has 1 N–H and O–H groups in total. The Balaban J connectivity index is 1.90. The molecule has 0 atom stereocenters. The number of carbonyl (C=O) groups excluding carboxylic acids is 1. The van der Waals surface area contributed by atoms with Crippen LogP contribution in [0.4, 0.5) is 5.00 Å². The minimum absolute atomic E-state index is 0.0464. The fourth-order valence-electron chi connectivity index (χ4n) is 2.74. The molecule has 1 saturated heterocycles. The number of benzene rings is 1. The number of ether oxygens (including phenoxy) is 1. The molecule has 7 nitrogen and oxygen atoms in total. The molecule has 1 fully saturated rings. The standard InChI is InChI=1S/C18H18ClN3O4S2/c1-2-14-9-13(11-20)18(27-14)21-17(23)12-3-4-15(19)16(10-12)28(24,25)22-5-7-26-8-6-22/h3-4,9-10H,2,5-8H2,1H3,(H,21,23). The number of aryl methyl sites for hydroxylation is 1. The lowest BCUT2D eigenvalue weighted by Gasteiger charge is -2.26. The van der Waals surface area contributed by atoms with Crippen molar-refractivity contribution in [2.45, 2.75) is 18.2 Å². The number of morpholine rings is 1. The summed E-state index contributed by atoms with van der Waals surface area (Å²) < 4.78 is 32.3. The average Bonchev–Trinajstić information content (AvgIpc) is 3.10. The molecule has 148 valence electrons. The number of rotatable bonds is 5. The highest BCUT2D eigenvalue weighted by molar-refractivity contribution is 7.89. The van der Waals surface area contributed by atoms with E-state index < -0.39 is 15.9 Å². The van der Waals surface area contributed by atoms with Gasteiger partial charge in [-0.3, -0.25) is 4.79 Å². The van der Waals surface area contributed by atoms with Crippen LogP contribution in [-0.2, 0) is 21.2 Å². The number of hydrogen-bond acceptors (Lipinski definition) is 6. The number of sulfonamides is 1. The van der Waals surface area contributed by atoms with E-state index in [-0.39, 0.29) is 28.6 Å². The Kier molecular flexibility index (Phi) is 6.37. The van der Waals surface area contributed by atoms with Crippen LogP contribution in [0.3, 0.4) is 0 Å². The van der Waals surface area contributed by atoms with Crippen LogP contribution in [0.25, 0.3) is 0 Å². The molecule has 0 aliphatic carbocycles. The Morgan fingerprint density at radius 1 is 1.36 bits per heavy atom. The molecule has 0 unspecified atom stereocenters. The zero-order chi connectivity index (χ0) is 20.3. The highest BCUT2D eigenvalue weighted by atomic mass is 35.5. The van der Waals surface area contributed by atoms with Gasteiger partial charge in [0.2, 0.25) is 10.0 Å². The maximum Gasteiger partial charge on any atom is 0.256 e. The predicted octanol–water partition coefficient (Wildman–Crippen LogP) is 3.11. The minimum Gasteiger partial charge on any atom is -0.379 e. The normalized spacial score (nSPS) is 15.2. The van der Waals surface area contributed by atoms with Gasteiger partial charge in [0.25, 0.3) is 5.91 Å². The Morgan fingerprint density at radius 2 is 2.07 bits per heavy atom. The third-order valence-corrected chi connectivity index (χ3v) is 7.84. The smallest absolute Gasteiger partial charge is 0.256 e. The molecule has 1 aliphatic heterocycles. The predicted molar refractivity (Wildman–Crippen MR) is 107 cm³/mol.